The standard InChI is InChI=1S/C14H11Cl3O2/c1-8(18)9-4-2-3-5-13(9)19-14-7-11(16)10(15)6-12(14)17/h2-8,18H,1H3. The van der Waals surface area contributed by atoms with Gasteiger partial charge in [0.05, 0.1) is 21.2 Å². The molecule has 2 aromatic rings. The largest absolute Gasteiger partial charge is 0.455 e. The molecule has 0 aliphatic carbocycles. The Morgan fingerprint density at radius 3 is 2.26 bits per heavy atom. The minimum atomic E-state index is -0.641. The molecule has 19 heavy (non-hydrogen) atoms. The molecule has 0 aliphatic rings. The van der Waals surface area contributed by atoms with E-state index in [1.54, 1.807) is 25.1 Å². The van der Waals surface area contributed by atoms with Gasteiger partial charge in [-0.05, 0) is 19.1 Å². The maximum absolute atomic E-state index is 9.69. The molecule has 1 N–H and O–H groups in total. The average Bonchev–Trinajstić information content (AvgIpc) is 2.36. The summed E-state index contributed by atoms with van der Waals surface area (Å²) in [5.74, 6) is 0.918. The third-order valence-electron chi connectivity index (χ3n) is 2.56. The molecule has 5 heteroatoms. The third-order valence-corrected chi connectivity index (χ3v) is 3.58. The molecule has 0 aromatic heterocycles. The van der Waals surface area contributed by atoms with Gasteiger partial charge in [-0.3, -0.25) is 0 Å². The number of aliphatic hydroxyl groups is 1. The van der Waals surface area contributed by atoms with Crippen molar-refractivity contribution in [1.29, 1.82) is 0 Å². The van der Waals surface area contributed by atoms with Crippen molar-refractivity contribution in [3.05, 3.63) is 57.0 Å². The summed E-state index contributed by atoms with van der Waals surface area (Å²) in [5.41, 5.74) is 0.671. The summed E-state index contributed by atoms with van der Waals surface area (Å²) < 4.78 is 5.70. The Morgan fingerprint density at radius 1 is 0.947 bits per heavy atom. The molecule has 0 saturated carbocycles. The van der Waals surface area contributed by atoms with E-state index >= 15 is 0 Å². The molecule has 0 radical (unpaired) electrons. The number of benzene rings is 2. The lowest BCUT2D eigenvalue weighted by atomic mass is 10.1. The van der Waals surface area contributed by atoms with Crippen molar-refractivity contribution in [3.8, 4) is 11.5 Å². The van der Waals surface area contributed by atoms with Gasteiger partial charge in [0.1, 0.15) is 11.5 Å². The predicted molar refractivity (Wildman–Crippen MR) is 78.6 cm³/mol. The number of hydrogen-bond acceptors (Lipinski definition) is 2. The van der Waals surface area contributed by atoms with Crippen molar-refractivity contribution in [3.63, 3.8) is 0 Å². The SMILES string of the molecule is CC(O)c1ccccc1Oc1cc(Cl)c(Cl)cc1Cl. The highest BCUT2D eigenvalue weighted by atomic mass is 35.5. The van der Waals surface area contributed by atoms with Gasteiger partial charge in [0.15, 0.2) is 0 Å². The number of ether oxygens (including phenoxy) is 1. The molecule has 0 bridgehead atoms. The van der Waals surface area contributed by atoms with Gasteiger partial charge in [-0.15, -0.1) is 0 Å². The average molecular weight is 318 g/mol. The van der Waals surface area contributed by atoms with Crippen molar-refractivity contribution in [2.75, 3.05) is 0 Å². The number of rotatable bonds is 3. The third kappa shape index (κ3) is 3.34. The fraction of sp³-hybridized carbons (Fsp3) is 0.143. The van der Waals surface area contributed by atoms with Crippen LogP contribution in [0.4, 0.5) is 0 Å². The zero-order valence-electron chi connectivity index (χ0n) is 10.0. The van der Waals surface area contributed by atoms with Gasteiger partial charge in [-0.2, -0.15) is 0 Å². The van der Waals surface area contributed by atoms with Crippen molar-refractivity contribution < 1.29 is 9.84 Å². The molecular weight excluding hydrogens is 307 g/mol. The van der Waals surface area contributed by atoms with Crippen LogP contribution in [-0.2, 0) is 0 Å². The second-order valence-corrected chi connectivity index (χ2v) is 5.23. The van der Waals surface area contributed by atoms with Crippen LogP contribution in [0.25, 0.3) is 0 Å². The highest BCUT2D eigenvalue weighted by molar-refractivity contribution is 6.43. The van der Waals surface area contributed by atoms with E-state index in [0.29, 0.717) is 32.1 Å². The first-order valence-corrected chi connectivity index (χ1v) is 6.72. The Kier molecular flexibility index (Phi) is 4.58. The van der Waals surface area contributed by atoms with Crippen LogP contribution in [0, 0.1) is 0 Å². The Balaban J connectivity index is 2.39. The first-order chi connectivity index (χ1) is 8.99. The van der Waals surface area contributed by atoms with Gasteiger partial charge in [0.25, 0.3) is 0 Å². The van der Waals surface area contributed by atoms with Crippen LogP contribution in [0.1, 0.15) is 18.6 Å². The zero-order valence-corrected chi connectivity index (χ0v) is 12.3. The maximum atomic E-state index is 9.69. The second kappa shape index (κ2) is 6.02. The number of aliphatic hydroxyl groups excluding tert-OH is 1. The molecule has 0 saturated heterocycles. The topological polar surface area (TPSA) is 29.5 Å². The quantitative estimate of drug-likeness (QED) is 0.758. The second-order valence-electron chi connectivity index (χ2n) is 4.01. The minimum Gasteiger partial charge on any atom is -0.455 e. The van der Waals surface area contributed by atoms with Crippen LogP contribution in [0.2, 0.25) is 15.1 Å². The predicted octanol–water partition coefficient (Wildman–Crippen LogP) is 5.49. The highest BCUT2D eigenvalue weighted by Crippen LogP contribution is 2.38. The van der Waals surface area contributed by atoms with Crippen molar-refractivity contribution >= 4 is 34.8 Å². The van der Waals surface area contributed by atoms with Crippen molar-refractivity contribution in [2.24, 2.45) is 0 Å². The number of hydrogen-bond donors (Lipinski definition) is 1. The fourth-order valence-electron chi connectivity index (χ4n) is 1.62. The fourth-order valence-corrected chi connectivity index (χ4v) is 2.20. The Bertz CT molecular complexity index is 597. The van der Waals surface area contributed by atoms with Gasteiger partial charge in [0, 0.05) is 11.6 Å². The van der Waals surface area contributed by atoms with E-state index < -0.39 is 6.10 Å². The van der Waals surface area contributed by atoms with Crippen LogP contribution >= 0.6 is 34.8 Å². The lowest BCUT2D eigenvalue weighted by molar-refractivity contribution is 0.195. The van der Waals surface area contributed by atoms with E-state index in [9.17, 15) is 5.11 Å². The lowest BCUT2D eigenvalue weighted by Gasteiger charge is -2.14. The number of para-hydroxylation sites is 1. The van der Waals surface area contributed by atoms with Crippen LogP contribution in [0.15, 0.2) is 36.4 Å². The summed E-state index contributed by atoms with van der Waals surface area (Å²) in [6.07, 6.45) is -0.641. The van der Waals surface area contributed by atoms with Gasteiger partial charge < -0.3 is 9.84 Å². The van der Waals surface area contributed by atoms with Crippen LogP contribution in [-0.4, -0.2) is 5.11 Å². The van der Waals surface area contributed by atoms with E-state index in [0.717, 1.165) is 0 Å². The molecule has 0 fully saturated rings. The first kappa shape index (κ1) is 14.5. The Morgan fingerprint density at radius 2 is 1.58 bits per heavy atom. The molecular formula is C14H11Cl3O2. The summed E-state index contributed by atoms with van der Waals surface area (Å²) >= 11 is 17.8. The van der Waals surface area contributed by atoms with Gasteiger partial charge in [-0.1, -0.05) is 53.0 Å². The van der Waals surface area contributed by atoms with Crippen LogP contribution in [0.3, 0.4) is 0 Å². The molecule has 2 rings (SSSR count). The molecule has 0 aliphatic heterocycles. The van der Waals surface area contributed by atoms with Gasteiger partial charge in [0.2, 0.25) is 0 Å². The van der Waals surface area contributed by atoms with Crippen LogP contribution in [0.5, 0.6) is 11.5 Å². The van der Waals surface area contributed by atoms with Crippen LogP contribution < -0.4 is 4.74 Å². The molecule has 0 spiro atoms. The van der Waals surface area contributed by atoms with Gasteiger partial charge in [-0.25, -0.2) is 0 Å². The van der Waals surface area contributed by atoms with E-state index in [2.05, 4.69) is 0 Å². The Hall–Kier alpha value is -0.930. The molecule has 1 atom stereocenters. The van der Waals surface area contributed by atoms with E-state index in [-0.39, 0.29) is 0 Å². The summed E-state index contributed by atoms with van der Waals surface area (Å²) in [6.45, 7) is 1.67. The van der Waals surface area contributed by atoms with E-state index in [4.69, 9.17) is 39.5 Å². The monoisotopic (exact) mass is 316 g/mol. The summed E-state index contributed by atoms with van der Waals surface area (Å²) in [4.78, 5) is 0. The summed E-state index contributed by atoms with van der Waals surface area (Å²) in [5, 5.41) is 10.8. The molecule has 2 nitrogen and oxygen atoms in total. The highest BCUT2D eigenvalue weighted by Gasteiger charge is 2.12. The van der Waals surface area contributed by atoms with Crippen molar-refractivity contribution in [1.82, 2.24) is 0 Å². The smallest absolute Gasteiger partial charge is 0.147 e. The first-order valence-electron chi connectivity index (χ1n) is 5.58. The zero-order chi connectivity index (χ0) is 14.0. The minimum absolute atomic E-state index is 0.356. The summed E-state index contributed by atoms with van der Waals surface area (Å²) in [6, 6.07) is 10.2. The Labute approximate surface area is 126 Å². The molecule has 1 unspecified atom stereocenters. The normalized spacial score (nSPS) is 12.3. The van der Waals surface area contributed by atoms with Crippen molar-refractivity contribution in [2.45, 2.75) is 13.0 Å². The van der Waals surface area contributed by atoms with E-state index in [1.165, 1.54) is 6.07 Å². The summed E-state index contributed by atoms with van der Waals surface area (Å²) in [7, 11) is 0. The number of halogens is 3. The lowest BCUT2D eigenvalue weighted by Crippen LogP contribution is -1.96. The van der Waals surface area contributed by atoms with Gasteiger partial charge >= 0.3 is 0 Å². The molecule has 0 amide bonds. The maximum Gasteiger partial charge on any atom is 0.147 e. The van der Waals surface area contributed by atoms with E-state index in [1.807, 2.05) is 12.1 Å². The molecule has 100 valence electrons. The molecule has 0 heterocycles. The molecule has 2 aromatic carbocycles.